The van der Waals surface area contributed by atoms with Crippen molar-refractivity contribution in [3.05, 3.63) is 53.1 Å². The van der Waals surface area contributed by atoms with Gasteiger partial charge in [0.1, 0.15) is 43.3 Å². The summed E-state index contributed by atoms with van der Waals surface area (Å²) in [5.41, 5.74) is 6.83. The summed E-state index contributed by atoms with van der Waals surface area (Å²) in [6, 6.07) is 6.35. The number of ether oxygens (including phenoxy) is 1. The number of pyridine rings is 1. The molecule has 8 nitrogen and oxygen atoms in total. The number of amides is 1. The molecule has 1 aliphatic heterocycles. The summed E-state index contributed by atoms with van der Waals surface area (Å²) in [7, 11) is 0. The Morgan fingerprint density at radius 3 is 2.50 bits per heavy atom. The molecule has 1 aromatic carbocycles. The Morgan fingerprint density at radius 1 is 1.22 bits per heavy atom. The van der Waals surface area contributed by atoms with E-state index in [0.29, 0.717) is 0 Å². The molecule has 0 fully saturated rings. The average molecular weight is 450 g/mol. The van der Waals surface area contributed by atoms with E-state index in [4.69, 9.17) is 21.5 Å². The van der Waals surface area contributed by atoms with Crippen LogP contribution in [0.2, 0.25) is 0 Å². The largest absolute Gasteiger partial charge is 0.397 e. The number of aliphatic imine (C=N–C) groups is 1. The molecule has 1 atom stereocenters. The highest BCUT2D eigenvalue weighted by atomic mass is 19.1. The first-order valence-electron chi connectivity index (χ1n) is 9.19. The zero-order chi connectivity index (χ0) is 23.5. The van der Waals surface area contributed by atoms with Crippen LogP contribution in [0.5, 0.6) is 0 Å². The van der Waals surface area contributed by atoms with Crippen LogP contribution < -0.4 is 16.8 Å². The molecule has 2 aromatic rings. The fourth-order valence-corrected chi connectivity index (χ4v) is 3.11. The Balaban J connectivity index is 1.96. The predicted octanol–water partition coefficient (Wildman–Crippen LogP) is 2.16. The molecule has 168 valence electrons. The SMILES string of the molecule is N#Cc1cnc(C(=O)Nc2ccc(F)c(C3(CF)COC(CF)(CF)C(N)=N3)c2)c(N)c1. The summed E-state index contributed by atoms with van der Waals surface area (Å²) >= 11 is 0. The maximum Gasteiger partial charge on any atom is 0.276 e. The second-order valence-corrected chi connectivity index (χ2v) is 7.13. The average Bonchev–Trinajstić information content (AvgIpc) is 2.80. The molecule has 32 heavy (non-hydrogen) atoms. The molecule has 0 saturated carbocycles. The summed E-state index contributed by atoms with van der Waals surface area (Å²) in [5, 5.41) is 11.3. The number of nitrogens with one attached hydrogen (secondary N) is 1. The van der Waals surface area contributed by atoms with Crippen molar-refractivity contribution < 1.29 is 27.1 Å². The van der Waals surface area contributed by atoms with Crippen molar-refractivity contribution in [2.45, 2.75) is 11.1 Å². The Kier molecular flexibility index (Phi) is 6.31. The monoisotopic (exact) mass is 450 g/mol. The Labute approximate surface area is 179 Å². The molecular formula is C20H18F4N6O2. The highest BCUT2D eigenvalue weighted by Gasteiger charge is 2.48. The number of benzene rings is 1. The molecule has 1 aromatic heterocycles. The summed E-state index contributed by atoms with van der Waals surface area (Å²) in [6.07, 6.45) is 1.15. The summed E-state index contributed by atoms with van der Waals surface area (Å²) < 4.78 is 60.5. The van der Waals surface area contributed by atoms with Crippen molar-refractivity contribution in [3.8, 4) is 6.07 Å². The quantitative estimate of drug-likeness (QED) is 0.577. The minimum absolute atomic E-state index is 0.0337. The predicted molar refractivity (Wildman–Crippen MR) is 108 cm³/mol. The molecule has 1 aliphatic rings. The molecule has 0 bridgehead atoms. The van der Waals surface area contributed by atoms with Crippen LogP contribution in [0, 0.1) is 17.1 Å². The number of halogens is 4. The van der Waals surface area contributed by atoms with Crippen LogP contribution >= 0.6 is 0 Å². The van der Waals surface area contributed by atoms with Gasteiger partial charge in [0.15, 0.2) is 11.3 Å². The third-order valence-corrected chi connectivity index (χ3v) is 5.03. The summed E-state index contributed by atoms with van der Waals surface area (Å²) in [5.74, 6) is -2.31. The lowest BCUT2D eigenvalue weighted by Crippen LogP contribution is -2.58. The number of aromatic nitrogens is 1. The fraction of sp³-hybridized carbons (Fsp3) is 0.300. The van der Waals surface area contributed by atoms with Gasteiger partial charge in [0.2, 0.25) is 0 Å². The first-order valence-corrected chi connectivity index (χ1v) is 9.19. The van der Waals surface area contributed by atoms with Crippen LogP contribution in [0.25, 0.3) is 0 Å². The molecule has 2 heterocycles. The van der Waals surface area contributed by atoms with Gasteiger partial charge in [0, 0.05) is 17.4 Å². The van der Waals surface area contributed by atoms with Gasteiger partial charge in [-0.2, -0.15) is 5.26 Å². The minimum Gasteiger partial charge on any atom is -0.397 e. The molecule has 3 rings (SSSR count). The van der Waals surface area contributed by atoms with Crippen LogP contribution in [0.4, 0.5) is 28.9 Å². The molecule has 1 amide bonds. The number of nitriles is 1. The van der Waals surface area contributed by atoms with Crippen molar-refractivity contribution in [2.75, 3.05) is 37.7 Å². The van der Waals surface area contributed by atoms with E-state index < -0.39 is 55.3 Å². The second kappa shape index (κ2) is 8.80. The van der Waals surface area contributed by atoms with Gasteiger partial charge in [-0.1, -0.05) is 0 Å². The zero-order valence-corrected chi connectivity index (χ0v) is 16.5. The van der Waals surface area contributed by atoms with Gasteiger partial charge in [0.05, 0.1) is 17.9 Å². The fourth-order valence-electron chi connectivity index (χ4n) is 3.11. The molecule has 0 aliphatic carbocycles. The van der Waals surface area contributed by atoms with Crippen LogP contribution in [0.1, 0.15) is 21.6 Å². The van der Waals surface area contributed by atoms with Gasteiger partial charge in [-0.25, -0.2) is 22.5 Å². The van der Waals surface area contributed by atoms with Crippen molar-refractivity contribution in [3.63, 3.8) is 0 Å². The number of hydrogen-bond acceptors (Lipinski definition) is 7. The Morgan fingerprint density at radius 2 is 1.94 bits per heavy atom. The Bertz CT molecular complexity index is 1120. The van der Waals surface area contributed by atoms with E-state index in [0.717, 1.165) is 18.3 Å². The van der Waals surface area contributed by atoms with Crippen molar-refractivity contribution >= 4 is 23.1 Å². The van der Waals surface area contributed by atoms with Crippen LogP contribution in [-0.4, -0.2) is 49.0 Å². The first-order chi connectivity index (χ1) is 15.2. The number of anilines is 2. The van der Waals surface area contributed by atoms with Crippen LogP contribution in [0.15, 0.2) is 35.5 Å². The topological polar surface area (TPSA) is 139 Å². The molecule has 5 N–H and O–H groups in total. The number of carbonyl (C=O) groups is 1. The highest BCUT2D eigenvalue weighted by Crippen LogP contribution is 2.37. The van der Waals surface area contributed by atoms with E-state index >= 15 is 0 Å². The number of nitrogens with zero attached hydrogens (tertiary/aromatic N) is 3. The van der Waals surface area contributed by atoms with E-state index in [1.54, 1.807) is 0 Å². The highest BCUT2D eigenvalue weighted by molar-refractivity contribution is 6.06. The zero-order valence-electron chi connectivity index (χ0n) is 16.5. The molecule has 0 radical (unpaired) electrons. The lowest BCUT2D eigenvalue weighted by molar-refractivity contribution is -0.0644. The number of amidine groups is 1. The Hall–Kier alpha value is -3.72. The van der Waals surface area contributed by atoms with Crippen molar-refractivity contribution in [1.82, 2.24) is 4.98 Å². The maximum atomic E-state index is 14.6. The summed E-state index contributed by atoms with van der Waals surface area (Å²) in [6.45, 7) is -4.64. The van der Waals surface area contributed by atoms with E-state index in [9.17, 15) is 22.4 Å². The molecular weight excluding hydrogens is 432 g/mol. The number of hydrogen-bond donors (Lipinski definition) is 3. The maximum absolute atomic E-state index is 14.6. The molecule has 0 saturated heterocycles. The second-order valence-electron chi connectivity index (χ2n) is 7.13. The normalized spacial score (nSPS) is 19.7. The lowest BCUT2D eigenvalue weighted by Gasteiger charge is -2.40. The van der Waals surface area contributed by atoms with Gasteiger partial charge in [-0.15, -0.1) is 0 Å². The smallest absolute Gasteiger partial charge is 0.276 e. The van der Waals surface area contributed by atoms with E-state index in [2.05, 4.69) is 15.3 Å². The van der Waals surface area contributed by atoms with Crippen molar-refractivity contribution in [2.24, 2.45) is 10.7 Å². The molecule has 0 spiro atoms. The third-order valence-electron chi connectivity index (χ3n) is 5.03. The number of carbonyl (C=O) groups excluding carboxylic acids is 1. The van der Waals surface area contributed by atoms with Gasteiger partial charge >= 0.3 is 0 Å². The van der Waals surface area contributed by atoms with Gasteiger partial charge in [-0.05, 0) is 24.3 Å². The van der Waals surface area contributed by atoms with Crippen LogP contribution in [-0.2, 0) is 10.3 Å². The van der Waals surface area contributed by atoms with E-state index in [1.807, 2.05) is 6.07 Å². The van der Waals surface area contributed by atoms with Gasteiger partial charge < -0.3 is 21.5 Å². The number of nitrogens with two attached hydrogens (primary N) is 2. The third kappa shape index (κ3) is 3.94. The standard InChI is InChI=1S/C20H18F4N6O2/c21-7-19(10-32-20(8-22,9-23)18(27)30-19)13-4-12(1-2-14(13)24)29-17(31)16-15(26)3-11(5-25)6-28-16/h1-4,6H,7-10,26H2,(H2,27,30)(H,29,31). The van der Waals surface area contributed by atoms with Crippen LogP contribution in [0.3, 0.4) is 0 Å². The number of alkyl halides is 3. The first kappa shape index (κ1) is 23.0. The van der Waals surface area contributed by atoms with Crippen molar-refractivity contribution in [1.29, 1.82) is 5.26 Å². The minimum atomic E-state index is -2.15. The molecule has 12 heteroatoms. The number of rotatable bonds is 6. The lowest BCUT2D eigenvalue weighted by atomic mass is 9.88. The summed E-state index contributed by atoms with van der Waals surface area (Å²) in [4.78, 5) is 20.2. The van der Waals surface area contributed by atoms with E-state index in [1.165, 1.54) is 12.1 Å². The molecule has 1 unspecified atom stereocenters. The van der Waals surface area contributed by atoms with E-state index in [-0.39, 0.29) is 28.2 Å². The van der Waals surface area contributed by atoms with Gasteiger partial charge in [-0.3, -0.25) is 9.79 Å². The number of nitrogen functional groups attached to an aromatic ring is 1. The van der Waals surface area contributed by atoms with Gasteiger partial charge in [0.25, 0.3) is 5.91 Å².